The maximum atomic E-state index is 11.0. The molecule has 0 radical (unpaired) electrons. The van der Waals surface area contributed by atoms with Crippen LogP contribution < -0.4 is 15.4 Å². The lowest BCUT2D eigenvalue weighted by Crippen LogP contribution is -2.41. The van der Waals surface area contributed by atoms with Crippen molar-refractivity contribution in [3.63, 3.8) is 0 Å². The van der Waals surface area contributed by atoms with E-state index in [1.54, 1.807) is 7.05 Å². The van der Waals surface area contributed by atoms with Crippen molar-refractivity contribution in [3.05, 3.63) is 35.4 Å². The van der Waals surface area contributed by atoms with Gasteiger partial charge in [0.25, 0.3) is 0 Å². The van der Waals surface area contributed by atoms with Gasteiger partial charge in [0.2, 0.25) is 10.0 Å². The molecule has 1 aliphatic rings. The third-order valence-corrected chi connectivity index (χ3v) is 5.07. The fourth-order valence-corrected chi connectivity index (χ4v) is 3.43. The van der Waals surface area contributed by atoms with Crippen LogP contribution in [0.3, 0.4) is 0 Å². The summed E-state index contributed by atoms with van der Waals surface area (Å²) < 4.78 is 24.5. The van der Waals surface area contributed by atoms with Crippen LogP contribution in [0.4, 0.5) is 0 Å². The van der Waals surface area contributed by atoms with Gasteiger partial charge in [-0.3, -0.25) is 9.89 Å². The first-order valence-electron chi connectivity index (χ1n) is 9.15. The molecular formula is C18H32IN5O2S. The summed E-state index contributed by atoms with van der Waals surface area (Å²) in [4.78, 5) is 6.66. The Hall–Kier alpha value is -0.910. The first kappa shape index (κ1) is 24.1. The van der Waals surface area contributed by atoms with E-state index in [4.69, 9.17) is 0 Å². The zero-order valence-electron chi connectivity index (χ0n) is 16.2. The van der Waals surface area contributed by atoms with Crippen molar-refractivity contribution in [1.29, 1.82) is 0 Å². The maximum Gasteiger partial charge on any atom is 0.208 e. The molecule has 0 bridgehead atoms. The molecule has 0 spiro atoms. The summed E-state index contributed by atoms with van der Waals surface area (Å²) in [6, 6.07) is 8.67. The number of nitrogens with one attached hydrogen (secondary N) is 3. The predicted molar refractivity (Wildman–Crippen MR) is 122 cm³/mol. The molecule has 154 valence electrons. The number of sulfonamides is 1. The standard InChI is InChI=1S/C18H31N5O2S.HI/c1-19-18(20-10-11-22-26(2,24)25)21-14-16-6-8-17(9-7-16)15-23-12-4-3-5-13-23;/h6-9,22H,3-5,10-15H2,1-2H3,(H2,19,20,21);1H. The van der Waals surface area contributed by atoms with Gasteiger partial charge in [-0.2, -0.15) is 0 Å². The molecular weight excluding hydrogens is 477 g/mol. The topological polar surface area (TPSA) is 85.8 Å². The summed E-state index contributed by atoms with van der Waals surface area (Å²) in [6.07, 6.45) is 5.14. The number of piperidine rings is 1. The first-order chi connectivity index (χ1) is 12.5. The van der Waals surface area contributed by atoms with Crippen LogP contribution in [0.15, 0.2) is 29.3 Å². The molecule has 1 fully saturated rings. The molecule has 2 rings (SSSR count). The van der Waals surface area contributed by atoms with E-state index < -0.39 is 10.0 Å². The molecule has 1 aromatic carbocycles. The van der Waals surface area contributed by atoms with Crippen LogP contribution in [0.25, 0.3) is 0 Å². The minimum absolute atomic E-state index is 0. The molecule has 0 unspecified atom stereocenters. The van der Waals surface area contributed by atoms with Crippen LogP contribution in [0.2, 0.25) is 0 Å². The Bertz CT molecular complexity index is 673. The van der Waals surface area contributed by atoms with Gasteiger partial charge in [0.15, 0.2) is 5.96 Å². The summed E-state index contributed by atoms with van der Waals surface area (Å²) in [6.45, 7) is 4.92. The van der Waals surface area contributed by atoms with Crippen molar-refractivity contribution < 1.29 is 8.42 Å². The molecule has 9 heteroatoms. The number of hydrogen-bond acceptors (Lipinski definition) is 4. The van der Waals surface area contributed by atoms with Gasteiger partial charge in [-0.25, -0.2) is 13.1 Å². The highest BCUT2D eigenvalue weighted by Crippen LogP contribution is 2.13. The zero-order valence-corrected chi connectivity index (χ0v) is 19.3. The van der Waals surface area contributed by atoms with Crippen molar-refractivity contribution in [1.82, 2.24) is 20.3 Å². The van der Waals surface area contributed by atoms with E-state index in [0.717, 1.165) is 12.8 Å². The van der Waals surface area contributed by atoms with Gasteiger partial charge in [-0.05, 0) is 37.1 Å². The predicted octanol–water partition coefficient (Wildman–Crippen LogP) is 1.50. The molecule has 3 N–H and O–H groups in total. The molecule has 0 aliphatic carbocycles. The van der Waals surface area contributed by atoms with Gasteiger partial charge in [-0.1, -0.05) is 30.7 Å². The fraction of sp³-hybridized carbons (Fsp3) is 0.611. The van der Waals surface area contributed by atoms with Crippen molar-refractivity contribution >= 4 is 40.0 Å². The average Bonchev–Trinajstić information content (AvgIpc) is 2.62. The summed E-state index contributed by atoms with van der Waals surface area (Å²) >= 11 is 0. The number of guanidine groups is 1. The Morgan fingerprint density at radius 1 is 1.04 bits per heavy atom. The largest absolute Gasteiger partial charge is 0.355 e. The number of rotatable bonds is 8. The van der Waals surface area contributed by atoms with E-state index >= 15 is 0 Å². The van der Waals surface area contributed by atoms with E-state index in [-0.39, 0.29) is 24.0 Å². The van der Waals surface area contributed by atoms with E-state index in [1.165, 1.54) is 43.5 Å². The van der Waals surface area contributed by atoms with Crippen LogP contribution >= 0.6 is 24.0 Å². The highest BCUT2D eigenvalue weighted by Gasteiger charge is 2.10. The highest BCUT2D eigenvalue weighted by atomic mass is 127. The van der Waals surface area contributed by atoms with Crippen molar-refractivity contribution in [2.45, 2.75) is 32.4 Å². The van der Waals surface area contributed by atoms with Crippen molar-refractivity contribution in [2.75, 3.05) is 39.5 Å². The smallest absolute Gasteiger partial charge is 0.208 e. The number of hydrogen-bond donors (Lipinski definition) is 3. The molecule has 0 amide bonds. The van der Waals surface area contributed by atoms with E-state index in [1.807, 2.05) is 0 Å². The molecule has 0 atom stereocenters. The molecule has 1 saturated heterocycles. The monoisotopic (exact) mass is 509 g/mol. The van der Waals surface area contributed by atoms with Crippen molar-refractivity contribution in [2.24, 2.45) is 4.99 Å². The lowest BCUT2D eigenvalue weighted by atomic mass is 10.1. The quantitative estimate of drug-likeness (QED) is 0.214. The molecule has 0 saturated carbocycles. The highest BCUT2D eigenvalue weighted by molar-refractivity contribution is 14.0. The van der Waals surface area contributed by atoms with Gasteiger partial charge in [0, 0.05) is 33.2 Å². The van der Waals surface area contributed by atoms with Gasteiger partial charge in [0.05, 0.1) is 6.26 Å². The lowest BCUT2D eigenvalue weighted by molar-refractivity contribution is 0.221. The third kappa shape index (κ3) is 10.3. The Kier molecular flexibility index (Phi) is 11.2. The first-order valence-corrected chi connectivity index (χ1v) is 11.0. The molecule has 1 aliphatic heterocycles. The Morgan fingerprint density at radius 3 is 2.26 bits per heavy atom. The Labute approximate surface area is 180 Å². The van der Waals surface area contributed by atoms with Crippen LogP contribution in [-0.4, -0.2) is 58.8 Å². The molecule has 1 heterocycles. The molecule has 0 aromatic heterocycles. The summed E-state index contributed by atoms with van der Waals surface area (Å²) in [5.74, 6) is 0.651. The second-order valence-electron chi connectivity index (χ2n) is 6.67. The van der Waals surface area contributed by atoms with Gasteiger partial charge in [0.1, 0.15) is 0 Å². The van der Waals surface area contributed by atoms with Crippen LogP contribution in [-0.2, 0) is 23.1 Å². The van der Waals surface area contributed by atoms with Gasteiger partial charge in [-0.15, -0.1) is 24.0 Å². The maximum absolute atomic E-state index is 11.0. The van der Waals surface area contributed by atoms with Crippen molar-refractivity contribution in [3.8, 4) is 0 Å². The number of nitrogens with zero attached hydrogens (tertiary/aromatic N) is 2. The van der Waals surface area contributed by atoms with Gasteiger partial charge >= 0.3 is 0 Å². The summed E-state index contributed by atoms with van der Waals surface area (Å²) in [5, 5.41) is 6.32. The molecule has 1 aromatic rings. The normalized spacial score (nSPS) is 15.9. The van der Waals surface area contributed by atoms with E-state index in [2.05, 4.69) is 49.5 Å². The van der Waals surface area contributed by atoms with Crippen LogP contribution in [0.5, 0.6) is 0 Å². The SMILES string of the molecule is CN=C(NCCNS(C)(=O)=O)NCc1ccc(CN2CCCCC2)cc1.I. The Morgan fingerprint density at radius 2 is 1.67 bits per heavy atom. The number of halogens is 1. The minimum atomic E-state index is -3.15. The summed E-state index contributed by atoms with van der Waals surface area (Å²) in [7, 11) is -1.46. The minimum Gasteiger partial charge on any atom is -0.355 e. The lowest BCUT2D eigenvalue weighted by Gasteiger charge is -2.26. The Balaban J connectivity index is 0.00000364. The number of benzene rings is 1. The van der Waals surface area contributed by atoms with E-state index in [9.17, 15) is 8.42 Å². The van der Waals surface area contributed by atoms with Crippen LogP contribution in [0, 0.1) is 0 Å². The van der Waals surface area contributed by atoms with Gasteiger partial charge < -0.3 is 10.6 Å². The average molecular weight is 509 g/mol. The molecule has 7 nitrogen and oxygen atoms in total. The molecule has 27 heavy (non-hydrogen) atoms. The number of aliphatic imine (C=N–C) groups is 1. The second kappa shape index (κ2) is 12.5. The number of likely N-dealkylation sites (tertiary alicyclic amines) is 1. The van der Waals surface area contributed by atoms with E-state index in [0.29, 0.717) is 25.6 Å². The fourth-order valence-electron chi connectivity index (χ4n) is 2.96. The van der Waals surface area contributed by atoms with Crippen LogP contribution in [0.1, 0.15) is 30.4 Å². The summed E-state index contributed by atoms with van der Waals surface area (Å²) in [5.41, 5.74) is 2.54. The second-order valence-corrected chi connectivity index (χ2v) is 8.51. The third-order valence-electron chi connectivity index (χ3n) is 4.34. The zero-order chi connectivity index (χ0) is 18.8.